The normalized spacial score (nSPS) is 10.3. The molecule has 0 aliphatic rings. The van der Waals surface area contributed by atoms with Gasteiger partial charge in [0.1, 0.15) is 11.6 Å². The van der Waals surface area contributed by atoms with Gasteiger partial charge in [0.05, 0.1) is 16.6 Å². The fraction of sp³-hybridized carbons (Fsp3) is 0.222. The van der Waals surface area contributed by atoms with E-state index in [9.17, 15) is 13.6 Å². The third kappa shape index (κ3) is 2.36. The van der Waals surface area contributed by atoms with E-state index in [4.69, 9.17) is 0 Å². The van der Waals surface area contributed by atoms with Gasteiger partial charge in [-0.3, -0.25) is 4.79 Å². The zero-order valence-corrected chi connectivity index (χ0v) is 8.99. The fourth-order valence-corrected chi connectivity index (χ4v) is 1.45. The monoisotopic (exact) mass is 263 g/mol. The molecule has 0 heterocycles. The molecule has 1 N–H and O–H groups in total. The maximum absolute atomic E-state index is 13.3. The van der Waals surface area contributed by atoms with E-state index in [2.05, 4.69) is 21.2 Å². The number of nitrogens with one attached hydrogen (secondary N) is 1. The van der Waals surface area contributed by atoms with Gasteiger partial charge in [-0.25, -0.2) is 8.78 Å². The van der Waals surface area contributed by atoms with E-state index in [0.29, 0.717) is 0 Å². The molecule has 1 rings (SSSR count). The molecule has 0 amide bonds. The summed E-state index contributed by atoms with van der Waals surface area (Å²) in [5.74, 6) is -1.85. The summed E-state index contributed by atoms with van der Waals surface area (Å²) in [4.78, 5) is 11.3. The Balaban J connectivity index is 3.13. The lowest BCUT2D eigenvalue weighted by Gasteiger charge is -2.03. The van der Waals surface area contributed by atoms with Crippen molar-refractivity contribution in [2.45, 2.75) is 0 Å². The summed E-state index contributed by atoms with van der Waals surface area (Å²) >= 11 is 2.83. The number of Topliss-reactive ketones (excluding diaryl/α,β-unsaturated/α-hetero) is 1. The van der Waals surface area contributed by atoms with Crippen LogP contribution in [0.3, 0.4) is 0 Å². The molecular formula is C9H8BrF2NO. The van der Waals surface area contributed by atoms with Crippen molar-refractivity contribution in [3.8, 4) is 0 Å². The molecule has 0 aliphatic carbocycles. The van der Waals surface area contributed by atoms with E-state index >= 15 is 0 Å². The topological polar surface area (TPSA) is 29.1 Å². The minimum atomic E-state index is -0.730. The van der Waals surface area contributed by atoms with Gasteiger partial charge in [-0.1, -0.05) is 0 Å². The Morgan fingerprint density at radius 1 is 1.50 bits per heavy atom. The van der Waals surface area contributed by atoms with Gasteiger partial charge in [-0.2, -0.15) is 0 Å². The minimum Gasteiger partial charge on any atom is -0.313 e. The van der Waals surface area contributed by atoms with Crippen molar-refractivity contribution in [2.75, 3.05) is 13.6 Å². The first kappa shape index (κ1) is 11.3. The smallest absolute Gasteiger partial charge is 0.179 e. The predicted molar refractivity (Wildman–Crippen MR) is 52.3 cm³/mol. The van der Waals surface area contributed by atoms with Gasteiger partial charge in [0.2, 0.25) is 0 Å². The van der Waals surface area contributed by atoms with Crippen LogP contribution in [0.25, 0.3) is 0 Å². The van der Waals surface area contributed by atoms with Crippen LogP contribution in [-0.2, 0) is 0 Å². The Morgan fingerprint density at radius 3 is 2.71 bits per heavy atom. The molecule has 0 aromatic heterocycles. The first-order chi connectivity index (χ1) is 6.56. The van der Waals surface area contributed by atoms with Crippen LogP contribution in [-0.4, -0.2) is 19.4 Å². The number of hydrogen-bond donors (Lipinski definition) is 1. The molecule has 0 radical (unpaired) electrons. The maximum atomic E-state index is 13.3. The highest BCUT2D eigenvalue weighted by Gasteiger charge is 2.15. The fourth-order valence-electron chi connectivity index (χ4n) is 1.01. The number of rotatable bonds is 3. The van der Waals surface area contributed by atoms with Gasteiger partial charge < -0.3 is 5.32 Å². The second-order valence-corrected chi connectivity index (χ2v) is 3.56. The molecule has 0 unspecified atom stereocenters. The molecule has 0 spiro atoms. The van der Waals surface area contributed by atoms with Crippen LogP contribution in [0.5, 0.6) is 0 Å². The molecule has 14 heavy (non-hydrogen) atoms. The molecular weight excluding hydrogens is 256 g/mol. The van der Waals surface area contributed by atoms with E-state index in [1.54, 1.807) is 7.05 Å². The Labute approximate surface area is 88.4 Å². The number of hydrogen-bond acceptors (Lipinski definition) is 2. The lowest BCUT2D eigenvalue weighted by atomic mass is 10.1. The van der Waals surface area contributed by atoms with Gasteiger partial charge in [-0.15, -0.1) is 0 Å². The van der Waals surface area contributed by atoms with Crippen LogP contribution < -0.4 is 5.32 Å². The van der Waals surface area contributed by atoms with Gasteiger partial charge >= 0.3 is 0 Å². The van der Waals surface area contributed by atoms with Crippen molar-refractivity contribution >= 4 is 21.7 Å². The van der Waals surface area contributed by atoms with Crippen LogP contribution >= 0.6 is 15.9 Å². The molecule has 0 aliphatic heterocycles. The van der Waals surface area contributed by atoms with Crippen LogP contribution in [0.15, 0.2) is 16.6 Å². The molecule has 0 saturated heterocycles. The number of benzene rings is 1. The van der Waals surface area contributed by atoms with Crippen molar-refractivity contribution < 1.29 is 13.6 Å². The number of likely N-dealkylation sites (N-methyl/N-ethyl adjacent to an activating group) is 1. The van der Waals surface area contributed by atoms with Gasteiger partial charge in [-0.05, 0) is 35.1 Å². The summed E-state index contributed by atoms with van der Waals surface area (Å²) in [5.41, 5.74) is -0.244. The molecule has 0 fully saturated rings. The van der Waals surface area contributed by atoms with Gasteiger partial charge in [0.15, 0.2) is 5.78 Å². The quantitative estimate of drug-likeness (QED) is 0.669. The first-order valence-electron chi connectivity index (χ1n) is 3.88. The number of ketones is 1. The van der Waals surface area contributed by atoms with Crippen LogP contribution in [0.4, 0.5) is 8.78 Å². The lowest BCUT2D eigenvalue weighted by Crippen LogP contribution is -2.19. The SMILES string of the molecule is CNCC(=O)c1cc(F)cc(Br)c1F. The summed E-state index contributed by atoms with van der Waals surface area (Å²) in [5, 5.41) is 2.58. The highest BCUT2D eigenvalue weighted by Crippen LogP contribution is 2.20. The lowest BCUT2D eigenvalue weighted by molar-refractivity contribution is 0.0989. The molecule has 0 saturated carbocycles. The van der Waals surface area contributed by atoms with Gasteiger partial charge in [0.25, 0.3) is 0 Å². The Hall–Kier alpha value is -0.810. The van der Waals surface area contributed by atoms with Crippen LogP contribution in [0.1, 0.15) is 10.4 Å². The van der Waals surface area contributed by atoms with Crippen molar-refractivity contribution in [2.24, 2.45) is 0 Å². The van der Waals surface area contributed by atoms with E-state index in [1.807, 2.05) is 0 Å². The third-order valence-electron chi connectivity index (χ3n) is 1.63. The van der Waals surface area contributed by atoms with Crippen LogP contribution in [0.2, 0.25) is 0 Å². The maximum Gasteiger partial charge on any atom is 0.179 e. The average molecular weight is 264 g/mol. The van der Waals surface area contributed by atoms with Gasteiger partial charge in [0, 0.05) is 0 Å². The minimum absolute atomic E-state index is 0.0210. The summed E-state index contributed by atoms with van der Waals surface area (Å²) in [6.45, 7) is -0.0210. The van der Waals surface area contributed by atoms with Crippen molar-refractivity contribution in [3.63, 3.8) is 0 Å². The molecule has 5 heteroatoms. The Morgan fingerprint density at radius 2 is 2.14 bits per heavy atom. The first-order valence-corrected chi connectivity index (χ1v) is 4.68. The highest BCUT2D eigenvalue weighted by atomic mass is 79.9. The molecule has 2 nitrogen and oxygen atoms in total. The summed E-state index contributed by atoms with van der Waals surface area (Å²) < 4.78 is 26.1. The van der Waals surface area contributed by atoms with Crippen LogP contribution in [0, 0.1) is 11.6 Å². The largest absolute Gasteiger partial charge is 0.313 e. The third-order valence-corrected chi connectivity index (χ3v) is 2.21. The molecule has 0 atom stereocenters. The molecule has 1 aromatic rings. The summed E-state index contributed by atoms with van der Waals surface area (Å²) in [6.07, 6.45) is 0. The second-order valence-electron chi connectivity index (χ2n) is 2.70. The van der Waals surface area contributed by atoms with Crippen molar-refractivity contribution in [3.05, 3.63) is 33.8 Å². The predicted octanol–water partition coefficient (Wildman–Crippen LogP) is 2.13. The Kier molecular flexibility index (Phi) is 3.71. The number of carbonyl (C=O) groups is 1. The second kappa shape index (κ2) is 4.61. The van der Waals surface area contributed by atoms with E-state index in [1.165, 1.54) is 0 Å². The summed E-state index contributed by atoms with van der Waals surface area (Å²) in [6, 6.07) is 1.87. The van der Waals surface area contributed by atoms with E-state index in [-0.39, 0.29) is 16.6 Å². The average Bonchev–Trinajstić information content (AvgIpc) is 2.11. The van der Waals surface area contributed by atoms with E-state index < -0.39 is 17.4 Å². The number of carbonyl (C=O) groups excluding carboxylic acids is 1. The zero-order chi connectivity index (χ0) is 10.7. The van der Waals surface area contributed by atoms with Crippen molar-refractivity contribution in [1.29, 1.82) is 0 Å². The molecule has 1 aromatic carbocycles. The van der Waals surface area contributed by atoms with E-state index in [0.717, 1.165) is 12.1 Å². The zero-order valence-electron chi connectivity index (χ0n) is 7.40. The number of halogens is 3. The Bertz CT molecular complexity index is 368. The highest BCUT2D eigenvalue weighted by molar-refractivity contribution is 9.10. The molecule has 0 bridgehead atoms. The standard InChI is InChI=1S/C9H8BrF2NO/c1-13-4-8(14)6-2-5(11)3-7(10)9(6)12/h2-3,13H,4H2,1H3. The summed E-state index contributed by atoms with van der Waals surface area (Å²) in [7, 11) is 1.56. The van der Waals surface area contributed by atoms with Crippen molar-refractivity contribution in [1.82, 2.24) is 5.32 Å². The molecule has 76 valence electrons.